The summed E-state index contributed by atoms with van der Waals surface area (Å²) in [4.78, 5) is 22.8. The van der Waals surface area contributed by atoms with Crippen molar-refractivity contribution in [2.75, 3.05) is 5.32 Å². The van der Waals surface area contributed by atoms with Gasteiger partial charge in [0.15, 0.2) is 0 Å². The van der Waals surface area contributed by atoms with Gasteiger partial charge < -0.3 is 10.4 Å². The van der Waals surface area contributed by atoms with E-state index in [1.54, 1.807) is 0 Å². The van der Waals surface area contributed by atoms with Gasteiger partial charge in [0.05, 0.1) is 16.3 Å². The third kappa shape index (κ3) is 3.97. The zero-order chi connectivity index (χ0) is 14.5. The predicted octanol–water partition coefficient (Wildman–Crippen LogP) is 3.95. The van der Waals surface area contributed by atoms with Crippen LogP contribution in [0.15, 0.2) is 18.2 Å². The lowest BCUT2D eigenvalue weighted by Gasteiger charge is -2.21. The van der Waals surface area contributed by atoms with E-state index in [0.717, 1.165) is 12.8 Å². The molecule has 4 nitrogen and oxygen atoms in total. The van der Waals surface area contributed by atoms with E-state index in [9.17, 15) is 9.59 Å². The Bertz CT molecular complexity index is 510. The van der Waals surface area contributed by atoms with E-state index < -0.39 is 5.97 Å². The minimum Gasteiger partial charge on any atom is -0.478 e. The number of carboxylic acid groups (broad SMARTS) is 1. The van der Waals surface area contributed by atoms with Crippen LogP contribution in [0.5, 0.6) is 0 Å². The van der Waals surface area contributed by atoms with Crippen LogP contribution in [-0.2, 0) is 4.79 Å². The van der Waals surface area contributed by atoms with Gasteiger partial charge in [-0.3, -0.25) is 4.79 Å². The van der Waals surface area contributed by atoms with E-state index >= 15 is 0 Å². The Kier molecular flexibility index (Phi) is 5.01. The highest BCUT2D eigenvalue weighted by atomic mass is 35.5. The van der Waals surface area contributed by atoms with Crippen molar-refractivity contribution in [3.8, 4) is 0 Å². The molecule has 1 fully saturated rings. The van der Waals surface area contributed by atoms with Crippen molar-refractivity contribution in [3.05, 3.63) is 28.8 Å². The third-order valence-corrected chi connectivity index (χ3v) is 4.00. The van der Waals surface area contributed by atoms with Gasteiger partial charge in [-0.1, -0.05) is 30.9 Å². The molecule has 1 aliphatic rings. The van der Waals surface area contributed by atoms with E-state index in [-0.39, 0.29) is 16.5 Å². The molecule has 20 heavy (non-hydrogen) atoms. The second kappa shape index (κ2) is 6.75. The number of rotatable bonds is 4. The van der Waals surface area contributed by atoms with Crippen molar-refractivity contribution < 1.29 is 14.7 Å². The molecular formula is C15H18ClNO3. The van der Waals surface area contributed by atoms with Gasteiger partial charge >= 0.3 is 5.97 Å². The van der Waals surface area contributed by atoms with Crippen LogP contribution in [0.25, 0.3) is 0 Å². The third-order valence-electron chi connectivity index (χ3n) is 3.69. The molecular weight excluding hydrogens is 278 g/mol. The van der Waals surface area contributed by atoms with Crippen LogP contribution in [0.2, 0.25) is 5.02 Å². The average Bonchev–Trinajstić information content (AvgIpc) is 2.42. The normalized spacial score (nSPS) is 15.8. The molecule has 1 amide bonds. The van der Waals surface area contributed by atoms with Gasteiger partial charge in [0, 0.05) is 6.42 Å². The van der Waals surface area contributed by atoms with Crippen molar-refractivity contribution in [1.29, 1.82) is 0 Å². The first-order chi connectivity index (χ1) is 9.56. The Labute approximate surface area is 123 Å². The lowest BCUT2D eigenvalue weighted by Crippen LogP contribution is -2.18. The number of carbonyl (C=O) groups excluding carboxylic acids is 1. The van der Waals surface area contributed by atoms with Crippen LogP contribution >= 0.6 is 11.6 Å². The fourth-order valence-corrected chi connectivity index (χ4v) is 2.83. The molecule has 0 aliphatic heterocycles. The van der Waals surface area contributed by atoms with Gasteiger partial charge in [0.25, 0.3) is 0 Å². The van der Waals surface area contributed by atoms with Crippen molar-refractivity contribution in [2.45, 2.75) is 38.5 Å². The molecule has 0 heterocycles. The Morgan fingerprint density at radius 3 is 2.55 bits per heavy atom. The van der Waals surface area contributed by atoms with Gasteiger partial charge in [-0.2, -0.15) is 0 Å². The first kappa shape index (κ1) is 14.9. The summed E-state index contributed by atoms with van der Waals surface area (Å²) in [6, 6.07) is 4.31. The number of aromatic carboxylic acids is 1. The predicted molar refractivity (Wildman–Crippen MR) is 78.2 cm³/mol. The Morgan fingerprint density at radius 2 is 1.95 bits per heavy atom. The molecule has 0 aromatic heterocycles. The minimum atomic E-state index is -1.04. The van der Waals surface area contributed by atoms with Crippen LogP contribution in [0, 0.1) is 5.92 Å². The van der Waals surface area contributed by atoms with E-state index in [4.69, 9.17) is 16.7 Å². The molecule has 108 valence electrons. The molecule has 0 spiro atoms. The van der Waals surface area contributed by atoms with Crippen molar-refractivity contribution in [2.24, 2.45) is 5.92 Å². The number of anilines is 1. The van der Waals surface area contributed by atoms with Crippen molar-refractivity contribution in [3.63, 3.8) is 0 Å². The number of carbonyl (C=O) groups is 2. The monoisotopic (exact) mass is 295 g/mol. The fraction of sp³-hybridized carbons (Fsp3) is 0.467. The lowest BCUT2D eigenvalue weighted by atomic mass is 9.87. The summed E-state index contributed by atoms with van der Waals surface area (Å²) in [5.41, 5.74) is 0.581. The van der Waals surface area contributed by atoms with E-state index in [1.807, 2.05) is 0 Å². The summed E-state index contributed by atoms with van der Waals surface area (Å²) in [6.07, 6.45) is 6.40. The molecule has 2 N–H and O–H groups in total. The molecule has 0 bridgehead atoms. The highest BCUT2D eigenvalue weighted by Crippen LogP contribution is 2.28. The number of carboxylic acids is 1. The van der Waals surface area contributed by atoms with Gasteiger partial charge in [-0.25, -0.2) is 4.79 Å². The van der Waals surface area contributed by atoms with Crippen LogP contribution in [-0.4, -0.2) is 17.0 Å². The van der Waals surface area contributed by atoms with Crippen LogP contribution in [0.1, 0.15) is 48.9 Å². The first-order valence-electron chi connectivity index (χ1n) is 6.89. The van der Waals surface area contributed by atoms with E-state index in [1.165, 1.54) is 37.5 Å². The molecule has 0 unspecified atom stereocenters. The highest BCUT2D eigenvalue weighted by molar-refractivity contribution is 6.34. The zero-order valence-corrected chi connectivity index (χ0v) is 11.9. The smallest absolute Gasteiger partial charge is 0.335 e. The van der Waals surface area contributed by atoms with Gasteiger partial charge in [-0.05, 0) is 37.0 Å². The number of nitrogens with one attached hydrogen (secondary N) is 1. The maximum absolute atomic E-state index is 12.0. The first-order valence-corrected chi connectivity index (χ1v) is 7.27. The summed E-state index contributed by atoms with van der Waals surface area (Å²) in [7, 11) is 0. The van der Waals surface area contributed by atoms with Gasteiger partial charge in [0.2, 0.25) is 5.91 Å². The summed E-state index contributed by atoms with van der Waals surface area (Å²) < 4.78 is 0. The molecule has 1 aliphatic carbocycles. The van der Waals surface area contributed by atoms with Crippen molar-refractivity contribution >= 4 is 29.2 Å². The number of amides is 1. The number of hydrogen-bond acceptors (Lipinski definition) is 2. The minimum absolute atomic E-state index is 0.0538. The number of benzene rings is 1. The molecule has 1 aromatic carbocycles. The quantitative estimate of drug-likeness (QED) is 0.884. The molecule has 1 saturated carbocycles. The standard InChI is InChI=1S/C15H18ClNO3/c16-12-9-11(15(19)20)6-7-13(12)17-14(18)8-10-4-2-1-3-5-10/h6-7,9-10H,1-5,8H2,(H,17,18)(H,19,20). The highest BCUT2D eigenvalue weighted by Gasteiger charge is 2.17. The molecule has 5 heteroatoms. The second-order valence-corrected chi connectivity index (χ2v) is 5.66. The SMILES string of the molecule is O=C(CC1CCCCC1)Nc1ccc(C(=O)O)cc1Cl. The summed E-state index contributed by atoms with van der Waals surface area (Å²) in [5.74, 6) is -0.630. The maximum Gasteiger partial charge on any atom is 0.335 e. The largest absolute Gasteiger partial charge is 0.478 e. The topological polar surface area (TPSA) is 66.4 Å². The van der Waals surface area contributed by atoms with Crippen LogP contribution in [0.4, 0.5) is 5.69 Å². The van der Waals surface area contributed by atoms with Crippen LogP contribution < -0.4 is 5.32 Å². The molecule has 0 atom stereocenters. The summed E-state index contributed by atoms with van der Waals surface area (Å²) in [5, 5.41) is 11.9. The molecule has 2 rings (SSSR count). The molecule has 0 saturated heterocycles. The van der Waals surface area contributed by atoms with Gasteiger partial charge in [-0.15, -0.1) is 0 Å². The zero-order valence-electron chi connectivity index (χ0n) is 11.2. The number of halogens is 1. The summed E-state index contributed by atoms with van der Waals surface area (Å²) >= 11 is 5.98. The Morgan fingerprint density at radius 1 is 1.25 bits per heavy atom. The fourth-order valence-electron chi connectivity index (χ4n) is 2.60. The van der Waals surface area contributed by atoms with E-state index in [0.29, 0.717) is 18.0 Å². The Hall–Kier alpha value is -1.55. The van der Waals surface area contributed by atoms with Gasteiger partial charge in [0.1, 0.15) is 0 Å². The van der Waals surface area contributed by atoms with E-state index in [2.05, 4.69) is 5.32 Å². The second-order valence-electron chi connectivity index (χ2n) is 5.26. The molecule has 1 aromatic rings. The van der Waals surface area contributed by atoms with Crippen molar-refractivity contribution in [1.82, 2.24) is 0 Å². The molecule has 0 radical (unpaired) electrons. The summed E-state index contributed by atoms with van der Waals surface area (Å²) in [6.45, 7) is 0. The maximum atomic E-state index is 12.0. The average molecular weight is 296 g/mol. The Balaban J connectivity index is 1.95. The number of hydrogen-bond donors (Lipinski definition) is 2. The van der Waals surface area contributed by atoms with Crippen LogP contribution in [0.3, 0.4) is 0 Å². The lowest BCUT2D eigenvalue weighted by molar-refractivity contribution is -0.117.